The van der Waals surface area contributed by atoms with Crippen LogP contribution in [0.3, 0.4) is 0 Å². The standard InChI is InChI=1S/C23H21N3O.2C23H21N3S/c1-15-11-23-22(14-26-27-23)20(16(15)2)10-9-19-8-7-18(13-25-19)21-6-4-3-5-17(21)12-24;1-15-11-22-23(26-14-27-22)20(16(15)2)10-9-19-8-7-18(13-25-19)21-6-4-3-5-17(21)12-24;1-15-11-22-23(27-14-26-22)20(16(15)2)10-9-19-8-7-18(13-25-19)21-6-4-3-5-17(21)12-24/h3*3-10,13-16,20H,11H2,1-2H3/b3*10-9+/t3*15-,16+,20-/m000/s1. The zero-order valence-electron chi connectivity index (χ0n) is 46.4. The highest BCUT2D eigenvalue weighted by molar-refractivity contribution is 7.10. The third kappa shape index (κ3) is 12.5. The Balaban J connectivity index is 0.000000136. The maximum Gasteiger partial charge on any atom is 0.140 e. The molecule has 402 valence electrons. The van der Waals surface area contributed by atoms with Gasteiger partial charge in [-0.1, -0.05) is 138 Å². The maximum absolute atomic E-state index is 9.29. The van der Waals surface area contributed by atoms with E-state index >= 15 is 0 Å². The Morgan fingerprint density at radius 3 is 1.42 bits per heavy atom. The van der Waals surface area contributed by atoms with E-state index in [2.05, 4.69) is 126 Å². The fourth-order valence-corrected chi connectivity index (χ4v) is 13.3. The number of thiazole rings is 2. The monoisotopic (exact) mass is 1100 g/mol. The van der Waals surface area contributed by atoms with Gasteiger partial charge < -0.3 is 4.52 Å². The lowest BCUT2D eigenvalue weighted by atomic mass is 9.73. The van der Waals surface area contributed by atoms with Crippen LogP contribution < -0.4 is 0 Å². The number of hydrogen-bond donors (Lipinski definition) is 0. The molecule has 0 radical (unpaired) electrons. The summed E-state index contributed by atoms with van der Waals surface area (Å²) in [6, 6.07) is 41.7. The fourth-order valence-electron chi connectivity index (χ4n) is 11.3. The minimum Gasteiger partial charge on any atom is -0.361 e. The van der Waals surface area contributed by atoms with Gasteiger partial charge in [-0.15, -0.1) is 22.7 Å². The molecule has 10 nitrogen and oxygen atoms in total. The van der Waals surface area contributed by atoms with Gasteiger partial charge in [-0.2, -0.15) is 15.8 Å². The molecule has 0 N–H and O–H groups in total. The SMILES string of the molecule is C[C@H]1[C@H](/C=C/c2ccc(-c3ccccc3C#N)cn2)c2cnoc2C[C@@H]1C.C[C@H]1[C@H](/C=C/c2ccc(-c3ccccc3C#N)cn2)c2ncsc2C[C@@H]1C.C[C@H]1[C@H](/C=C/c2ccc(-c3ccccc3C#N)cn2)c2scnc2C[C@@H]1C. The first-order chi connectivity index (χ1) is 39.5. The van der Waals surface area contributed by atoms with Crippen LogP contribution in [-0.4, -0.2) is 30.1 Å². The van der Waals surface area contributed by atoms with Crippen molar-refractivity contribution in [2.45, 2.75) is 78.6 Å². The molecule has 81 heavy (non-hydrogen) atoms. The van der Waals surface area contributed by atoms with E-state index in [1.54, 1.807) is 22.7 Å². The van der Waals surface area contributed by atoms with E-state index in [-0.39, 0.29) is 5.92 Å². The lowest BCUT2D eigenvalue weighted by Gasteiger charge is -2.31. The van der Waals surface area contributed by atoms with Crippen molar-refractivity contribution in [3.63, 3.8) is 0 Å². The van der Waals surface area contributed by atoms with Gasteiger partial charge in [0.1, 0.15) is 5.76 Å². The van der Waals surface area contributed by atoms with Crippen LogP contribution in [0.1, 0.15) is 126 Å². The van der Waals surface area contributed by atoms with Gasteiger partial charge in [-0.05, 0) is 103 Å². The highest BCUT2D eigenvalue weighted by Gasteiger charge is 2.34. The number of aromatic nitrogens is 6. The summed E-state index contributed by atoms with van der Waals surface area (Å²) in [4.78, 5) is 25.7. The van der Waals surface area contributed by atoms with Crippen molar-refractivity contribution < 1.29 is 4.52 Å². The Morgan fingerprint density at radius 1 is 0.469 bits per heavy atom. The third-order valence-electron chi connectivity index (χ3n) is 16.8. The molecule has 3 aliphatic rings. The summed E-state index contributed by atoms with van der Waals surface area (Å²) >= 11 is 3.54. The average molecular weight is 1100 g/mol. The molecule has 0 unspecified atom stereocenters. The number of fused-ring (bicyclic) bond motifs is 3. The van der Waals surface area contributed by atoms with Crippen LogP contribution in [0.15, 0.2) is 168 Å². The third-order valence-corrected chi connectivity index (χ3v) is 18.6. The summed E-state index contributed by atoms with van der Waals surface area (Å²) < 4.78 is 5.42. The second kappa shape index (κ2) is 25.6. The van der Waals surface area contributed by atoms with E-state index in [4.69, 9.17) is 4.52 Å². The van der Waals surface area contributed by atoms with Gasteiger partial charge in [-0.3, -0.25) is 15.0 Å². The predicted molar refractivity (Wildman–Crippen MR) is 325 cm³/mol. The van der Waals surface area contributed by atoms with Crippen LogP contribution in [-0.2, 0) is 19.3 Å². The van der Waals surface area contributed by atoms with E-state index in [1.165, 1.54) is 26.7 Å². The largest absolute Gasteiger partial charge is 0.361 e. The van der Waals surface area contributed by atoms with Gasteiger partial charge >= 0.3 is 0 Å². The molecule has 12 rings (SSSR count). The van der Waals surface area contributed by atoms with E-state index in [1.807, 2.05) is 145 Å². The smallest absolute Gasteiger partial charge is 0.140 e. The van der Waals surface area contributed by atoms with Crippen LogP contribution >= 0.6 is 22.7 Å². The molecule has 3 aliphatic carbocycles. The molecular weight excluding hydrogens is 1030 g/mol. The van der Waals surface area contributed by atoms with E-state index < -0.39 is 0 Å². The number of nitrogens with zero attached hydrogens (tertiary/aromatic N) is 9. The van der Waals surface area contributed by atoms with Crippen molar-refractivity contribution in [2.75, 3.05) is 0 Å². The Labute approximate surface area is 483 Å². The van der Waals surface area contributed by atoms with Crippen LogP contribution in [0.2, 0.25) is 0 Å². The minimum atomic E-state index is 0.288. The van der Waals surface area contributed by atoms with Crippen molar-refractivity contribution in [1.29, 1.82) is 15.8 Å². The quantitative estimate of drug-likeness (QED) is 0.136. The van der Waals surface area contributed by atoms with Crippen molar-refractivity contribution in [2.24, 2.45) is 35.5 Å². The number of pyridine rings is 3. The summed E-state index contributed by atoms with van der Waals surface area (Å²) in [5, 5.41) is 31.8. The van der Waals surface area contributed by atoms with Gasteiger partial charge in [0.05, 0.1) is 80.6 Å². The molecular formula is C69H63N9OS2. The summed E-state index contributed by atoms with van der Waals surface area (Å²) in [6.07, 6.45) is 23.6. The second-order valence-corrected chi connectivity index (χ2v) is 23.5. The molecule has 9 atom stereocenters. The van der Waals surface area contributed by atoms with E-state index in [9.17, 15) is 15.8 Å². The molecule has 6 heterocycles. The first kappa shape index (κ1) is 55.6. The Bertz CT molecular complexity index is 3430. The molecule has 0 spiro atoms. The number of rotatable bonds is 9. The fraction of sp³-hybridized carbons (Fsp3) is 0.261. The Kier molecular flexibility index (Phi) is 17.6. The van der Waals surface area contributed by atoms with Gasteiger partial charge in [0.2, 0.25) is 0 Å². The molecule has 6 aromatic heterocycles. The number of nitriles is 3. The molecule has 9 aromatic rings. The first-order valence-electron chi connectivity index (χ1n) is 27.7. The lowest BCUT2D eigenvalue weighted by molar-refractivity contribution is 0.283. The minimum absolute atomic E-state index is 0.288. The lowest BCUT2D eigenvalue weighted by Crippen LogP contribution is -2.24. The molecule has 12 heteroatoms. The summed E-state index contributed by atoms with van der Waals surface area (Å²) in [7, 11) is 0. The van der Waals surface area contributed by atoms with E-state index in [0.717, 1.165) is 75.5 Å². The summed E-state index contributed by atoms with van der Waals surface area (Å²) in [6.45, 7) is 13.8. The summed E-state index contributed by atoms with van der Waals surface area (Å²) in [5.41, 5.74) is 18.0. The molecule has 3 aromatic carbocycles. The molecule has 0 bridgehead atoms. The molecule has 0 fully saturated rings. The number of hydrogen-bond acceptors (Lipinski definition) is 12. The summed E-state index contributed by atoms with van der Waals surface area (Å²) in [5.74, 6) is 5.56. The first-order valence-corrected chi connectivity index (χ1v) is 29.5. The highest BCUT2D eigenvalue weighted by Crippen LogP contribution is 2.44. The van der Waals surface area contributed by atoms with Crippen LogP contribution in [0.25, 0.3) is 51.6 Å². The van der Waals surface area contributed by atoms with Crippen molar-refractivity contribution in [1.82, 2.24) is 30.1 Å². The molecule has 0 saturated carbocycles. The van der Waals surface area contributed by atoms with Crippen LogP contribution in [0, 0.1) is 69.5 Å². The van der Waals surface area contributed by atoms with Gasteiger partial charge in [0.15, 0.2) is 0 Å². The van der Waals surface area contributed by atoms with Crippen molar-refractivity contribution in [3.8, 4) is 51.6 Å². The second-order valence-electron chi connectivity index (χ2n) is 21.7. The topological polar surface area (TPSA) is 162 Å². The zero-order chi connectivity index (χ0) is 56.4. The van der Waals surface area contributed by atoms with Crippen molar-refractivity contribution in [3.05, 3.63) is 229 Å². The normalized spacial score (nSPS) is 21.7. The van der Waals surface area contributed by atoms with Crippen LogP contribution in [0.4, 0.5) is 0 Å². The Hall–Kier alpha value is -8.73. The predicted octanol–water partition coefficient (Wildman–Crippen LogP) is 16.6. The van der Waals surface area contributed by atoms with Gasteiger partial charge in [-0.25, -0.2) is 9.97 Å². The zero-order valence-corrected chi connectivity index (χ0v) is 48.0. The van der Waals surface area contributed by atoms with E-state index in [0.29, 0.717) is 64.0 Å². The van der Waals surface area contributed by atoms with Gasteiger partial charge in [0.25, 0.3) is 0 Å². The van der Waals surface area contributed by atoms with Crippen LogP contribution in [0.5, 0.6) is 0 Å². The molecule has 0 amide bonds. The highest BCUT2D eigenvalue weighted by atomic mass is 32.1. The van der Waals surface area contributed by atoms with Crippen molar-refractivity contribution >= 4 is 40.9 Å². The average Bonchev–Trinajstić information content (AvgIpc) is 4.42. The Morgan fingerprint density at radius 2 is 0.914 bits per heavy atom. The molecule has 0 aliphatic heterocycles. The van der Waals surface area contributed by atoms with Gasteiger partial charge in [0, 0.05) is 91.5 Å². The molecule has 0 saturated heterocycles. The maximum atomic E-state index is 9.29. The number of benzene rings is 3. The number of allylic oxidation sites excluding steroid dienone is 3.